The zero-order chi connectivity index (χ0) is 6.15. The highest BCUT2D eigenvalue weighted by atomic mass is 16.4. The summed E-state index contributed by atoms with van der Waals surface area (Å²) in [6, 6.07) is 0. The van der Waals surface area contributed by atoms with Crippen LogP contribution in [0.4, 0.5) is 5.88 Å². The van der Waals surface area contributed by atoms with Gasteiger partial charge in [-0.25, -0.2) is 4.79 Å². The average Bonchev–Trinajstić information content (AvgIpc) is 1.85. The molecule has 0 bridgehead atoms. The van der Waals surface area contributed by atoms with Gasteiger partial charge in [-0.2, -0.15) is 0 Å². The third kappa shape index (κ3) is 0.598. The molecular formula is C4H6N2O2. The number of nitrogen functional groups attached to an aromatic ring is 1. The minimum Gasteiger partial charge on any atom is -0.392 e. The molecule has 1 aromatic rings. The maximum absolute atomic E-state index is 10.2. The minimum atomic E-state index is -0.500. The number of oxazole rings is 1. The van der Waals surface area contributed by atoms with Crippen LogP contribution in [0, 0.1) is 6.92 Å². The Kier molecular flexibility index (Phi) is 0.865. The van der Waals surface area contributed by atoms with Crippen LogP contribution in [-0.4, -0.2) is 4.98 Å². The molecule has 0 aliphatic carbocycles. The van der Waals surface area contributed by atoms with Crippen molar-refractivity contribution in [2.45, 2.75) is 6.92 Å². The molecule has 4 nitrogen and oxygen atoms in total. The molecule has 0 radical (unpaired) electrons. The van der Waals surface area contributed by atoms with Crippen molar-refractivity contribution < 1.29 is 4.42 Å². The van der Waals surface area contributed by atoms with E-state index in [4.69, 9.17) is 5.73 Å². The molecular weight excluding hydrogens is 108 g/mol. The van der Waals surface area contributed by atoms with Gasteiger partial charge < -0.3 is 10.2 Å². The first-order valence-corrected chi connectivity index (χ1v) is 2.15. The van der Waals surface area contributed by atoms with E-state index >= 15 is 0 Å². The van der Waals surface area contributed by atoms with Crippen LogP contribution in [0.25, 0.3) is 0 Å². The summed E-state index contributed by atoms with van der Waals surface area (Å²) in [4.78, 5) is 12.6. The highest BCUT2D eigenvalue weighted by molar-refractivity contribution is 5.27. The molecule has 0 unspecified atom stereocenters. The molecule has 0 saturated heterocycles. The maximum Gasteiger partial charge on any atom is 0.418 e. The summed E-state index contributed by atoms with van der Waals surface area (Å²) >= 11 is 0. The molecule has 4 heteroatoms. The number of aromatic amines is 1. The molecule has 1 aromatic heterocycles. The van der Waals surface area contributed by atoms with E-state index in [2.05, 4.69) is 9.40 Å². The fraction of sp³-hybridized carbons (Fsp3) is 0.250. The minimum absolute atomic E-state index is 0.162. The standard InChI is InChI=1S/C4H6N2O2/c1-2-3(5)8-4(7)6-2/h5H2,1H3,(H,6,7). The van der Waals surface area contributed by atoms with Gasteiger partial charge in [0.05, 0.1) is 5.69 Å². The molecule has 8 heavy (non-hydrogen) atoms. The first kappa shape index (κ1) is 4.96. The Morgan fingerprint density at radius 2 is 2.38 bits per heavy atom. The van der Waals surface area contributed by atoms with Crippen molar-refractivity contribution in [1.82, 2.24) is 4.98 Å². The lowest BCUT2D eigenvalue weighted by Crippen LogP contribution is -1.94. The summed E-state index contributed by atoms with van der Waals surface area (Å²) in [5, 5.41) is 0. The molecule has 0 aliphatic rings. The van der Waals surface area contributed by atoms with Crippen molar-refractivity contribution in [2.24, 2.45) is 0 Å². The third-order valence-corrected chi connectivity index (χ3v) is 0.862. The Morgan fingerprint density at radius 1 is 1.75 bits per heavy atom. The molecule has 1 heterocycles. The summed E-state index contributed by atoms with van der Waals surface area (Å²) in [6.07, 6.45) is 0. The van der Waals surface area contributed by atoms with Crippen molar-refractivity contribution >= 4 is 5.88 Å². The van der Waals surface area contributed by atoms with Gasteiger partial charge in [-0.15, -0.1) is 0 Å². The summed E-state index contributed by atoms with van der Waals surface area (Å²) in [5.41, 5.74) is 5.72. The van der Waals surface area contributed by atoms with Crippen LogP contribution in [0.3, 0.4) is 0 Å². The second kappa shape index (κ2) is 1.40. The Bertz CT molecular complexity index is 212. The Morgan fingerprint density at radius 3 is 2.50 bits per heavy atom. The van der Waals surface area contributed by atoms with E-state index in [9.17, 15) is 4.79 Å². The molecule has 3 N–H and O–H groups in total. The van der Waals surface area contributed by atoms with Crippen LogP contribution in [0.5, 0.6) is 0 Å². The predicted molar refractivity (Wildman–Crippen MR) is 28.5 cm³/mol. The molecule has 0 atom stereocenters. The van der Waals surface area contributed by atoms with E-state index in [0.29, 0.717) is 5.69 Å². The van der Waals surface area contributed by atoms with E-state index in [1.807, 2.05) is 0 Å². The Balaban J connectivity index is 3.35. The molecule has 0 amide bonds. The average molecular weight is 114 g/mol. The number of hydrogen-bond acceptors (Lipinski definition) is 3. The molecule has 0 saturated carbocycles. The molecule has 44 valence electrons. The highest BCUT2D eigenvalue weighted by Gasteiger charge is 1.96. The second-order valence-corrected chi connectivity index (χ2v) is 1.50. The third-order valence-electron chi connectivity index (χ3n) is 0.862. The highest BCUT2D eigenvalue weighted by Crippen LogP contribution is 1.99. The van der Waals surface area contributed by atoms with Gasteiger partial charge in [0, 0.05) is 0 Å². The van der Waals surface area contributed by atoms with Crippen molar-refractivity contribution in [3.05, 3.63) is 16.2 Å². The van der Waals surface area contributed by atoms with Crippen LogP contribution >= 0.6 is 0 Å². The van der Waals surface area contributed by atoms with Crippen molar-refractivity contribution in [2.75, 3.05) is 5.73 Å². The second-order valence-electron chi connectivity index (χ2n) is 1.50. The van der Waals surface area contributed by atoms with Crippen LogP contribution in [0.1, 0.15) is 5.69 Å². The van der Waals surface area contributed by atoms with E-state index in [1.54, 1.807) is 6.92 Å². The van der Waals surface area contributed by atoms with Crippen LogP contribution in [-0.2, 0) is 0 Å². The molecule has 0 fully saturated rings. The van der Waals surface area contributed by atoms with Crippen molar-refractivity contribution in [3.8, 4) is 0 Å². The molecule has 0 aliphatic heterocycles. The number of nitrogens with one attached hydrogen (secondary N) is 1. The van der Waals surface area contributed by atoms with Gasteiger partial charge in [-0.3, -0.25) is 4.98 Å². The zero-order valence-electron chi connectivity index (χ0n) is 4.39. The van der Waals surface area contributed by atoms with Gasteiger partial charge >= 0.3 is 5.76 Å². The van der Waals surface area contributed by atoms with E-state index in [0.717, 1.165) is 0 Å². The van der Waals surface area contributed by atoms with Gasteiger partial charge in [0.2, 0.25) is 5.88 Å². The van der Waals surface area contributed by atoms with Crippen LogP contribution in [0.15, 0.2) is 9.21 Å². The summed E-state index contributed by atoms with van der Waals surface area (Å²) in [7, 11) is 0. The normalized spacial score (nSPS) is 9.62. The molecule has 0 aromatic carbocycles. The maximum atomic E-state index is 10.2. The quantitative estimate of drug-likeness (QED) is 0.493. The van der Waals surface area contributed by atoms with Gasteiger partial charge in [0.15, 0.2) is 0 Å². The van der Waals surface area contributed by atoms with Gasteiger partial charge in [0.25, 0.3) is 0 Å². The zero-order valence-corrected chi connectivity index (χ0v) is 4.39. The summed E-state index contributed by atoms with van der Waals surface area (Å²) in [6.45, 7) is 1.67. The number of rotatable bonds is 0. The number of aryl methyl sites for hydroxylation is 1. The fourth-order valence-corrected chi connectivity index (χ4v) is 0.417. The van der Waals surface area contributed by atoms with Crippen molar-refractivity contribution in [3.63, 3.8) is 0 Å². The Hall–Kier alpha value is -1.19. The SMILES string of the molecule is Cc1[nH]c(=O)oc1N. The lowest BCUT2D eigenvalue weighted by Gasteiger charge is -1.78. The van der Waals surface area contributed by atoms with Crippen molar-refractivity contribution in [1.29, 1.82) is 0 Å². The first-order chi connectivity index (χ1) is 3.70. The molecule has 1 rings (SSSR count). The fourth-order valence-electron chi connectivity index (χ4n) is 0.417. The largest absolute Gasteiger partial charge is 0.418 e. The first-order valence-electron chi connectivity index (χ1n) is 2.15. The topological polar surface area (TPSA) is 72.0 Å². The van der Waals surface area contributed by atoms with Gasteiger partial charge in [0.1, 0.15) is 0 Å². The summed E-state index contributed by atoms with van der Waals surface area (Å²) in [5.74, 6) is -0.338. The lowest BCUT2D eigenvalue weighted by molar-refractivity contribution is 0.533. The Labute approximate surface area is 45.3 Å². The number of H-pyrrole nitrogens is 1. The van der Waals surface area contributed by atoms with E-state index in [1.165, 1.54) is 0 Å². The van der Waals surface area contributed by atoms with E-state index < -0.39 is 5.76 Å². The van der Waals surface area contributed by atoms with Gasteiger partial charge in [-0.05, 0) is 6.92 Å². The number of hydrogen-bond donors (Lipinski definition) is 2. The monoisotopic (exact) mass is 114 g/mol. The number of nitrogens with two attached hydrogens (primary N) is 1. The van der Waals surface area contributed by atoms with Crippen LogP contribution < -0.4 is 11.5 Å². The predicted octanol–water partition coefficient (Wildman–Crippen LogP) is -0.141. The number of aromatic nitrogens is 1. The summed E-state index contributed by atoms with van der Waals surface area (Å²) < 4.78 is 4.38. The van der Waals surface area contributed by atoms with E-state index in [-0.39, 0.29) is 5.88 Å². The number of anilines is 1. The lowest BCUT2D eigenvalue weighted by atomic mass is 10.5. The van der Waals surface area contributed by atoms with Gasteiger partial charge in [-0.1, -0.05) is 0 Å². The van der Waals surface area contributed by atoms with Crippen LogP contribution in [0.2, 0.25) is 0 Å². The molecule has 0 spiro atoms. The smallest absolute Gasteiger partial charge is 0.392 e.